The van der Waals surface area contributed by atoms with Crippen LogP contribution in [0.25, 0.3) is 0 Å². The fourth-order valence-electron chi connectivity index (χ4n) is 3.75. The van der Waals surface area contributed by atoms with Gasteiger partial charge in [-0.25, -0.2) is 4.57 Å². The lowest BCUT2D eigenvalue weighted by atomic mass is 9.91. The second-order valence-electron chi connectivity index (χ2n) is 9.59. The number of phosphoric ester groups is 1. The van der Waals surface area contributed by atoms with Crippen molar-refractivity contribution < 1.29 is 52.6 Å². The standard InChI is InChI=1S/C24H35O11P/c1-14(2)10-20(26)32-13-19-22(28)24(35-36(29,30)31)23(34-21(27)11-15(3)4)18(33-19)12-17(25)16-8-6-5-7-9-16/h5-9,14-15,18-19,22-24,28H,10-13H2,1-4H3,(H2,29,30,31)/t18-,19+,22+,23-,24-/m0/s1. The van der Waals surface area contributed by atoms with E-state index in [1.54, 1.807) is 44.2 Å². The second-order valence-corrected chi connectivity index (χ2v) is 10.8. The number of carbonyl (C=O) groups excluding carboxylic acids is 3. The average Bonchev–Trinajstić information content (AvgIpc) is 2.75. The number of ether oxygens (including phenoxy) is 3. The molecule has 2 rings (SSSR count). The highest BCUT2D eigenvalue weighted by molar-refractivity contribution is 7.46. The van der Waals surface area contributed by atoms with Gasteiger partial charge < -0.3 is 29.1 Å². The number of esters is 2. The summed E-state index contributed by atoms with van der Waals surface area (Å²) >= 11 is 0. The maximum Gasteiger partial charge on any atom is 0.470 e. The number of ketones is 1. The summed E-state index contributed by atoms with van der Waals surface area (Å²) in [7, 11) is -5.18. The van der Waals surface area contributed by atoms with Crippen molar-refractivity contribution in [1.29, 1.82) is 0 Å². The number of Topliss-reactive ketones (excluding diaryl/α,β-unsaturated/α-hetero) is 1. The number of phosphoric acid groups is 1. The van der Waals surface area contributed by atoms with Gasteiger partial charge in [0.2, 0.25) is 0 Å². The Balaban J connectivity index is 2.35. The van der Waals surface area contributed by atoms with Gasteiger partial charge in [0.15, 0.2) is 11.9 Å². The first kappa shape index (κ1) is 30.1. The van der Waals surface area contributed by atoms with E-state index >= 15 is 0 Å². The molecule has 1 saturated heterocycles. The minimum atomic E-state index is -5.18. The molecule has 1 fully saturated rings. The van der Waals surface area contributed by atoms with Crippen LogP contribution in [0.1, 0.15) is 57.3 Å². The highest BCUT2D eigenvalue weighted by Crippen LogP contribution is 2.42. The zero-order valence-electron chi connectivity index (χ0n) is 20.8. The minimum Gasteiger partial charge on any atom is -0.463 e. The smallest absolute Gasteiger partial charge is 0.463 e. The molecule has 12 heteroatoms. The van der Waals surface area contributed by atoms with Crippen molar-refractivity contribution in [1.82, 2.24) is 0 Å². The minimum absolute atomic E-state index is 0.0152. The summed E-state index contributed by atoms with van der Waals surface area (Å²) in [5.41, 5.74) is 0.340. The van der Waals surface area contributed by atoms with Crippen LogP contribution in [0, 0.1) is 11.8 Å². The van der Waals surface area contributed by atoms with E-state index in [9.17, 15) is 33.8 Å². The van der Waals surface area contributed by atoms with Crippen LogP contribution in [0.4, 0.5) is 0 Å². The molecule has 36 heavy (non-hydrogen) atoms. The molecule has 11 nitrogen and oxygen atoms in total. The Morgan fingerprint density at radius 1 is 0.944 bits per heavy atom. The number of carbonyl (C=O) groups is 3. The lowest BCUT2D eigenvalue weighted by Gasteiger charge is -2.43. The van der Waals surface area contributed by atoms with E-state index in [4.69, 9.17) is 18.7 Å². The quantitative estimate of drug-likeness (QED) is 0.206. The summed E-state index contributed by atoms with van der Waals surface area (Å²) < 4.78 is 33.1. The Labute approximate surface area is 210 Å². The summed E-state index contributed by atoms with van der Waals surface area (Å²) in [5.74, 6) is -1.75. The lowest BCUT2D eigenvalue weighted by Crippen LogP contribution is -2.61. The van der Waals surface area contributed by atoms with E-state index in [2.05, 4.69) is 0 Å². The molecule has 1 aliphatic rings. The molecule has 0 saturated carbocycles. The van der Waals surface area contributed by atoms with E-state index in [0.29, 0.717) is 5.56 Å². The lowest BCUT2D eigenvalue weighted by molar-refractivity contribution is -0.237. The molecule has 5 atom stereocenters. The highest BCUT2D eigenvalue weighted by atomic mass is 31.2. The largest absolute Gasteiger partial charge is 0.470 e. The first-order valence-electron chi connectivity index (χ1n) is 11.8. The predicted octanol–water partition coefficient (Wildman–Crippen LogP) is 2.41. The van der Waals surface area contributed by atoms with Gasteiger partial charge in [0.1, 0.15) is 31.0 Å². The van der Waals surface area contributed by atoms with Crippen molar-refractivity contribution in [3.63, 3.8) is 0 Å². The van der Waals surface area contributed by atoms with Gasteiger partial charge >= 0.3 is 19.8 Å². The van der Waals surface area contributed by atoms with Crippen molar-refractivity contribution in [2.24, 2.45) is 11.8 Å². The maximum absolute atomic E-state index is 12.9. The monoisotopic (exact) mass is 530 g/mol. The fraction of sp³-hybridized carbons (Fsp3) is 0.625. The topological polar surface area (TPSA) is 166 Å². The number of aliphatic hydroxyl groups is 1. The molecule has 3 N–H and O–H groups in total. The Kier molecular flexibility index (Phi) is 11.2. The molecular formula is C24H35O11P. The van der Waals surface area contributed by atoms with Crippen LogP contribution in [0.15, 0.2) is 30.3 Å². The molecule has 0 radical (unpaired) electrons. The molecule has 0 unspecified atom stereocenters. The van der Waals surface area contributed by atoms with Gasteiger partial charge in [0, 0.05) is 24.8 Å². The molecule has 0 aromatic heterocycles. The fourth-order valence-corrected chi connectivity index (χ4v) is 4.31. The van der Waals surface area contributed by atoms with Gasteiger partial charge in [-0.1, -0.05) is 58.0 Å². The molecule has 0 bridgehead atoms. The Hall–Kier alpha value is -2.14. The molecule has 0 aliphatic carbocycles. The molecule has 0 spiro atoms. The second kappa shape index (κ2) is 13.4. The van der Waals surface area contributed by atoms with Crippen LogP contribution >= 0.6 is 7.82 Å². The predicted molar refractivity (Wildman–Crippen MR) is 127 cm³/mol. The van der Waals surface area contributed by atoms with Gasteiger partial charge in [-0.15, -0.1) is 0 Å². The van der Waals surface area contributed by atoms with Gasteiger partial charge in [-0.2, -0.15) is 0 Å². The zero-order chi connectivity index (χ0) is 27.0. The van der Waals surface area contributed by atoms with Crippen molar-refractivity contribution >= 4 is 25.5 Å². The highest BCUT2D eigenvalue weighted by Gasteiger charge is 2.51. The molecule has 0 amide bonds. The van der Waals surface area contributed by atoms with Crippen molar-refractivity contribution in [3.05, 3.63) is 35.9 Å². The molecule has 1 aliphatic heterocycles. The molecule has 1 aromatic carbocycles. The normalized spacial score (nSPS) is 24.5. The summed E-state index contributed by atoms with van der Waals surface area (Å²) in [6, 6.07) is 8.21. The van der Waals surface area contributed by atoms with Gasteiger partial charge in [-0.3, -0.25) is 18.9 Å². The van der Waals surface area contributed by atoms with E-state index in [1.807, 2.05) is 13.8 Å². The number of aliphatic hydroxyl groups excluding tert-OH is 1. The SMILES string of the molecule is CC(C)CC(=O)OC[C@H]1O[C@@H](CC(=O)c2ccccc2)[C@H](OC(=O)CC(C)C)[C@@H](OP(=O)(O)O)[C@@H]1O. The number of rotatable bonds is 12. The van der Waals surface area contributed by atoms with E-state index in [-0.39, 0.29) is 31.1 Å². The van der Waals surface area contributed by atoms with Crippen molar-refractivity contribution in [3.8, 4) is 0 Å². The molecule has 202 valence electrons. The first-order chi connectivity index (χ1) is 16.8. The molecular weight excluding hydrogens is 495 g/mol. The molecule has 1 heterocycles. The van der Waals surface area contributed by atoms with E-state index in [1.165, 1.54) is 0 Å². The van der Waals surface area contributed by atoms with Crippen LogP contribution in [0.5, 0.6) is 0 Å². The van der Waals surface area contributed by atoms with E-state index < -0.39 is 62.7 Å². The summed E-state index contributed by atoms with van der Waals surface area (Å²) in [4.78, 5) is 56.4. The summed E-state index contributed by atoms with van der Waals surface area (Å²) in [5, 5.41) is 10.9. The van der Waals surface area contributed by atoms with Crippen LogP contribution in [-0.2, 0) is 32.9 Å². The number of hydrogen-bond donors (Lipinski definition) is 3. The van der Waals surface area contributed by atoms with Crippen LogP contribution < -0.4 is 0 Å². The van der Waals surface area contributed by atoms with E-state index in [0.717, 1.165) is 0 Å². The summed E-state index contributed by atoms with van der Waals surface area (Å²) in [6.45, 7) is 6.72. The Bertz CT molecular complexity index is 927. The van der Waals surface area contributed by atoms with Gasteiger partial charge in [-0.05, 0) is 11.8 Å². The number of hydrogen-bond acceptors (Lipinski definition) is 9. The first-order valence-corrected chi connectivity index (χ1v) is 13.3. The van der Waals surface area contributed by atoms with Gasteiger partial charge in [0.05, 0.1) is 0 Å². The zero-order valence-corrected chi connectivity index (χ0v) is 21.7. The Morgan fingerprint density at radius 3 is 2.08 bits per heavy atom. The average molecular weight is 531 g/mol. The van der Waals surface area contributed by atoms with Crippen LogP contribution in [0.2, 0.25) is 0 Å². The van der Waals surface area contributed by atoms with Crippen LogP contribution in [0.3, 0.4) is 0 Å². The van der Waals surface area contributed by atoms with Crippen molar-refractivity contribution in [2.75, 3.05) is 6.61 Å². The third kappa shape index (κ3) is 9.72. The maximum atomic E-state index is 12.9. The Morgan fingerprint density at radius 2 is 1.53 bits per heavy atom. The summed E-state index contributed by atoms with van der Waals surface area (Å²) in [6.07, 6.45) is -7.83. The van der Waals surface area contributed by atoms with Crippen LogP contribution in [-0.4, -0.2) is 69.7 Å². The number of benzene rings is 1. The third-order valence-corrected chi connectivity index (χ3v) is 5.84. The third-order valence-electron chi connectivity index (χ3n) is 5.32. The van der Waals surface area contributed by atoms with Gasteiger partial charge in [0.25, 0.3) is 0 Å². The molecule has 1 aromatic rings. The van der Waals surface area contributed by atoms with Crippen molar-refractivity contribution in [2.45, 2.75) is 77.5 Å².